The largest absolute Gasteiger partial charge is 0.456 e. The Morgan fingerprint density at radius 2 is 1.22 bits per heavy atom. The molecule has 0 atom stereocenters. The van der Waals surface area contributed by atoms with Crippen LogP contribution in [0, 0.1) is 0 Å². The number of para-hydroxylation sites is 5. The molecule has 0 bridgehead atoms. The third-order valence-electron chi connectivity index (χ3n) is 11.3. The van der Waals surface area contributed by atoms with Crippen molar-refractivity contribution in [3.8, 4) is 33.8 Å². The molecule has 1 aliphatic heterocycles. The second-order valence-electron chi connectivity index (χ2n) is 16.9. The van der Waals surface area contributed by atoms with E-state index in [4.69, 9.17) is 14.1 Å². The predicted octanol–water partition coefficient (Wildman–Crippen LogP) is 12.5. The Balaban J connectivity index is 1.48. The molecule has 5 aromatic carbocycles. The molecule has 0 N–H and O–H groups in total. The van der Waals surface area contributed by atoms with E-state index in [2.05, 4.69) is 159 Å². The molecular weight excluding hydrogens is 601 g/mol. The zero-order chi connectivity index (χ0) is 34.7. The summed E-state index contributed by atoms with van der Waals surface area (Å²) in [4.78, 5) is 5.19. The number of rotatable bonds is 2. The van der Waals surface area contributed by atoms with Gasteiger partial charge in [-0.1, -0.05) is 142 Å². The van der Waals surface area contributed by atoms with Crippen LogP contribution in [-0.4, -0.2) is 9.38 Å². The number of aromatic nitrogens is 2. The van der Waals surface area contributed by atoms with Crippen molar-refractivity contribution in [1.29, 1.82) is 0 Å². The van der Waals surface area contributed by atoms with Gasteiger partial charge >= 0.3 is 5.84 Å². The fourth-order valence-corrected chi connectivity index (χ4v) is 8.12. The van der Waals surface area contributed by atoms with E-state index in [-0.39, 0.29) is 21.7 Å². The van der Waals surface area contributed by atoms with Crippen LogP contribution in [0.1, 0.15) is 91.5 Å². The molecule has 0 unspecified atom stereocenters. The second-order valence-corrected chi connectivity index (χ2v) is 16.9. The molecule has 0 saturated heterocycles. The number of fused-ring (bicyclic) bond motifs is 7. The van der Waals surface area contributed by atoms with Crippen molar-refractivity contribution in [2.24, 2.45) is 0 Å². The zero-order valence-corrected chi connectivity index (χ0v) is 30.4. The van der Waals surface area contributed by atoms with Crippen molar-refractivity contribution in [1.82, 2.24) is 9.38 Å². The summed E-state index contributed by atoms with van der Waals surface area (Å²) in [6.45, 7) is 23.3. The average molecular weight is 647 g/mol. The van der Waals surface area contributed by atoms with E-state index in [9.17, 15) is 0 Å². The Morgan fingerprint density at radius 3 is 1.98 bits per heavy atom. The van der Waals surface area contributed by atoms with Gasteiger partial charge in [-0.2, -0.15) is 4.98 Å². The van der Waals surface area contributed by atoms with Gasteiger partial charge in [-0.15, -0.1) is 0 Å². The van der Waals surface area contributed by atoms with Gasteiger partial charge in [0.1, 0.15) is 17.0 Å². The van der Waals surface area contributed by atoms with Gasteiger partial charge in [-0.3, -0.25) is 4.40 Å². The van der Waals surface area contributed by atoms with Crippen molar-refractivity contribution in [2.75, 3.05) is 0 Å². The minimum Gasteiger partial charge on any atom is -0.456 e. The molecule has 0 saturated carbocycles. The predicted molar refractivity (Wildman–Crippen MR) is 203 cm³/mol. The minimum absolute atomic E-state index is 0.128. The molecule has 0 aliphatic carbocycles. The number of imidazole rings is 1. The van der Waals surface area contributed by atoms with Gasteiger partial charge in [-0.05, 0) is 57.3 Å². The van der Waals surface area contributed by atoms with Gasteiger partial charge in [0.25, 0.3) is 0 Å². The van der Waals surface area contributed by atoms with Crippen molar-refractivity contribution in [2.45, 2.75) is 90.9 Å². The summed E-state index contributed by atoms with van der Waals surface area (Å²) < 4.78 is 15.5. The number of oxazole rings is 1. The van der Waals surface area contributed by atoms with E-state index in [1.807, 2.05) is 12.1 Å². The summed E-state index contributed by atoms with van der Waals surface area (Å²) >= 11 is 0. The van der Waals surface area contributed by atoms with E-state index >= 15 is 0 Å². The van der Waals surface area contributed by atoms with Crippen molar-refractivity contribution >= 4 is 28.0 Å². The number of hydrogen-bond donors (Lipinski definition) is 0. The van der Waals surface area contributed by atoms with Crippen LogP contribution in [0.2, 0.25) is 0 Å². The van der Waals surface area contributed by atoms with Gasteiger partial charge in [0.15, 0.2) is 5.58 Å². The first-order chi connectivity index (χ1) is 23.1. The topological polar surface area (TPSA) is 39.7 Å². The molecule has 0 spiro atoms. The molecule has 1 aliphatic rings. The first kappa shape index (κ1) is 31.4. The highest BCUT2D eigenvalue weighted by atomic mass is 16.5. The average Bonchev–Trinajstić information content (AvgIpc) is 3.58. The van der Waals surface area contributed by atoms with Gasteiger partial charge in [0.05, 0.1) is 11.0 Å². The number of hydrogen-bond acceptors (Lipinski definition) is 3. The minimum atomic E-state index is -0.222. The van der Waals surface area contributed by atoms with Crippen molar-refractivity contribution in [3.63, 3.8) is 0 Å². The quantitative estimate of drug-likeness (QED) is 0.188. The highest BCUT2D eigenvalue weighted by Gasteiger charge is 2.46. The molecule has 0 amide bonds. The molecule has 0 radical (unpaired) electrons. The van der Waals surface area contributed by atoms with Crippen LogP contribution in [0.25, 0.3) is 50.2 Å². The monoisotopic (exact) mass is 646 g/mol. The lowest BCUT2D eigenvalue weighted by molar-refractivity contribution is 0.306. The maximum Gasteiger partial charge on any atom is 0.307 e. The lowest BCUT2D eigenvalue weighted by Gasteiger charge is -2.41. The molecule has 2 aromatic heterocycles. The normalized spacial score (nSPS) is 15.6. The van der Waals surface area contributed by atoms with Crippen LogP contribution in [-0.2, 0) is 21.7 Å². The molecule has 0 fully saturated rings. The summed E-state index contributed by atoms with van der Waals surface area (Å²) in [6.07, 6.45) is 0. The molecular formula is C45H46N2O2. The van der Waals surface area contributed by atoms with Crippen LogP contribution in [0.15, 0.2) is 101 Å². The van der Waals surface area contributed by atoms with E-state index in [0.29, 0.717) is 5.84 Å². The summed E-state index contributed by atoms with van der Waals surface area (Å²) in [6, 6.07) is 34.7. The second kappa shape index (κ2) is 10.3. The first-order valence-corrected chi connectivity index (χ1v) is 17.5. The molecule has 7 aromatic rings. The van der Waals surface area contributed by atoms with Crippen LogP contribution in [0.5, 0.6) is 11.5 Å². The van der Waals surface area contributed by atoms with Crippen LogP contribution >= 0.6 is 0 Å². The Kier molecular flexibility index (Phi) is 6.63. The summed E-state index contributed by atoms with van der Waals surface area (Å²) in [5.74, 6) is 2.47. The maximum atomic E-state index is 7.08. The number of ether oxygens (including phenoxy) is 1. The van der Waals surface area contributed by atoms with Gasteiger partial charge in [0, 0.05) is 33.1 Å². The van der Waals surface area contributed by atoms with Crippen molar-refractivity contribution < 1.29 is 9.15 Å². The van der Waals surface area contributed by atoms with E-state index in [1.165, 1.54) is 33.4 Å². The number of benzene rings is 5. The Bertz CT molecular complexity index is 2440. The fraction of sp³-hybridized carbons (Fsp3) is 0.311. The lowest BCUT2D eigenvalue weighted by atomic mass is 9.61. The molecule has 8 rings (SSSR count). The van der Waals surface area contributed by atoms with Gasteiger partial charge in [-0.25, -0.2) is 0 Å². The Morgan fingerprint density at radius 1 is 0.592 bits per heavy atom. The smallest absolute Gasteiger partial charge is 0.307 e. The highest BCUT2D eigenvalue weighted by Crippen LogP contribution is 2.56. The fourth-order valence-electron chi connectivity index (χ4n) is 8.12. The molecule has 248 valence electrons. The highest BCUT2D eigenvalue weighted by molar-refractivity contribution is 6.00. The number of nitrogens with zero attached hydrogens (tertiary/aromatic N) is 2. The standard InChI is InChI=1S/C45H46N2O2/c1-42(2,3)31-26-25-27(28-17-15-20-32-40(28)48-35-23-13-11-19-30(35)44(7,8)45(32,9)10)38(43(4,5)6)37(31)29-18-16-22-34-39(29)46-41-47(34)33-21-12-14-24-36(33)49-41/h11-26H,1-10H3. The molecule has 4 heteroatoms. The molecule has 49 heavy (non-hydrogen) atoms. The maximum absolute atomic E-state index is 7.08. The summed E-state index contributed by atoms with van der Waals surface area (Å²) in [7, 11) is 0. The van der Waals surface area contributed by atoms with Crippen LogP contribution in [0.4, 0.5) is 0 Å². The SMILES string of the molecule is CC(C)(C)c1ccc(-c2cccc3c2Oc2ccccc2C(C)(C)C3(C)C)c(C(C)(C)C)c1-c1cccc2c1nc1oc3ccccc3n12. The first-order valence-electron chi connectivity index (χ1n) is 17.5. The summed E-state index contributed by atoms with van der Waals surface area (Å²) in [5.41, 5.74) is 12.8. The van der Waals surface area contributed by atoms with Crippen LogP contribution in [0.3, 0.4) is 0 Å². The van der Waals surface area contributed by atoms with E-state index < -0.39 is 0 Å². The Labute approximate surface area is 289 Å². The zero-order valence-electron chi connectivity index (χ0n) is 30.4. The third-order valence-corrected chi connectivity index (χ3v) is 11.3. The molecule has 4 nitrogen and oxygen atoms in total. The Hall–Kier alpha value is -4.83. The molecule has 3 heterocycles. The van der Waals surface area contributed by atoms with Gasteiger partial charge in [0.2, 0.25) is 0 Å². The van der Waals surface area contributed by atoms with Crippen molar-refractivity contribution in [3.05, 3.63) is 119 Å². The van der Waals surface area contributed by atoms with E-state index in [0.717, 1.165) is 44.8 Å². The summed E-state index contributed by atoms with van der Waals surface area (Å²) in [5, 5.41) is 0. The third kappa shape index (κ3) is 4.52. The lowest BCUT2D eigenvalue weighted by Crippen LogP contribution is -2.39. The van der Waals surface area contributed by atoms with E-state index in [1.54, 1.807) is 0 Å². The van der Waals surface area contributed by atoms with Gasteiger partial charge < -0.3 is 9.15 Å². The van der Waals surface area contributed by atoms with Crippen LogP contribution < -0.4 is 4.74 Å².